The van der Waals surface area contributed by atoms with Crippen LogP contribution >= 0.6 is 0 Å². The van der Waals surface area contributed by atoms with Crippen LogP contribution in [0.4, 0.5) is 0 Å². The van der Waals surface area contributed by atoms with Crippen molar-refractivity contribution in [3.05, 3.63) is 47.7 Å². The summed E-state index contributed by atoms with van der Waals surface area (Å²) in [5.41, 5.74) is 0.998. The largest absolute Gasteiger partial charge is 0.512 e. The molecule has 0 unspecified atom stereocenters. The highest BCUT2D eigenvalue weighted by Crippen LogP contribution is 2.04. The summed E-state index contributed by atoms with van der Waals surface area (Å²) in [4.78, 5) is 10.6. The minimum Gasteiger partial charge on any atom is -0.512 e. The van der Waals surface area contributed by atoms with Gasteiger partial charge < -0.3 is 5.11 Å². The third-order valence-corrected chi connectivity index (χ3v) is 1.60. The molecule has 1 rings (SSSR count). The Morgan fingerprint density at radius 1 is 1.38 bits per heavy atom. The molecule has 2 nitrogen and oxygen atoms in total. The molecule has 1 aromatic carbocycles. The standard InChI is InChI=1S/C11H12O2/c1-9(12)7-11(13)8-10-5-3-2-4-6-10/h2-7,13H,8H2,1H3/b11-7-. The van der Waals surface area contributed by atoms with Crippen molar-refractivity contribution in [1.29, 1.82) is 0 Å². The summed E-state index contributed by atoms with van der Waals surface area (Å²) in [6.07, 6.45) is 1.66. The second kappa shape index (κ2) is 4.45. The molecule has 0 saturated heterocycles. The van der Waals surface area contributed by atoms with Gasteiger partial charge in [-0.3, -0.25) is 4.79 Å². The van der Waals surface area contributed by atoms with Gasteiger partial charge in [0.2, 0.25) is 0 Å². The Morgan fingerprint density at radius 2 is 2.00 bits per heavy atom. The lowest BCUT2D eigenvalue weighted by Crippen LogP contribution is -1.92. The van der Waals surface area contributed by atoms with Gasteiger partial charge in [0.25, 0.3) is 0 Å². The smallest absolute Gasteiger partial charge is 0.155 e. The summed E-state index contributed by atoms with van der Waals surface area (Å²) in [5, 5.41) is 9.31. The average Bonchev–Trinajstić information content (AvgIpc) is 2.04. The lowest BCUT2D eigenvalue weighted by molar-refractivity contribution is -0.112. The quantitative estimate of drug-likeness (QED) is 0.566. The fourth-order valence-corrected chi connectivity index (χ4v) is 1.09. The number of aliphatic hydroxyl groups excluding tert-OH is 1. The van der Waals surface area contributed by atoms with Crippen LogP contribution < -0.4 is 0 Å². The van der Waals surface area contributed by atoms with Gasteiger partial charge in [0.15, 0.2) is 5.78 Å². The van der Waals surface area contributed by atoms with Crippen molar-refractivity contribution in [3.8, 4) is 0 Å². The number of carbonyl (C=O) groups excluding carboxylic acids is 1. The number of rotatable bonds is 3. The van der Waals surface area contributed by atoms with Gasteiger partial charge in [0.1, 0.15) is 5.76 Å². The SMILES string of the molecule is CC(=O)/C=C(\O)Cc1ccccc1. The number of hydrogen-bond acceptors (Lipinski definition) is 2. The molecule has 0 spiro atoms. The molecule has 0 saturated carbocycles. The molecular weight excluding hydrogens is 164 g/mol. The van der Waals surface area contributed by atoms with Crippen molar-refractivity contribution in [3.63, 3.8) is 0 Å². The molecule has 0 fully saturated rings. The molecular formula is C11H12O2. The third-order valence-electron chi connectivity index (χ3n) is 1.60. The monoisotopic (exact) mass is 176 g/mol. The van der Waals surface area contributed by atoms with Gasteiger partial charge in [-0.05, 0) is 12.5 Å². The highest BCUT2D eigenvalue weighted by Gasteiger charge is 1.97. The van der Waals surface area contributed by atoms with Crippen molar-refractivity contribution >= 4 is 5.78 Å². The molecule has 0 atom stereocenters. The minimum atomic E-state index is -0.131. The normalized spacial score (nSPS) is 11.3. The van der Waals surface area contributed by atoms with Gasteiger partial charge in [-0.15, -0.1) is 0 Å². The fourth-order valence-electron chi connectivity index (χ4n) is 1.09. The predicted octanol–water partition coefficient (Wildman–Crippen LogP) is 2.26. The first-order chi connectivity index (χ1) is 6.18. The van der Waals surface area contributed by atoms with Crippen LogP contribution in [-0.2, 0) is 11.2 Å². The highest BCUT2D eigenvalue weighted by molar-refractivity contribution is 5.87. The summed E-state index contributed by atoms with van der Waals surface area (Å²) in [6.45, 7) is 1.42. The molecule has 13 heavy (non-hydrogen) atoms. The van der Waals surface area contributed by atoms with Crippen LogP contribution in [0.1, 0.15) is 12.5 Å². The van der Waals surface area contributed by atoms with Gasteiger partial charge in [0.05, 0.1) is 0 Å². The number of benzene rings is 1. The minimum absolute atomic E-state index is 0.110. The Morgan fingerprint density at radius 3 is 2.54 bits per heavy atom. The molecule has 0 amide bonds. The summed E-state index contributed by atoms with van der Waals surface area (Å²) >= 11 is 0. The fraction of sp³-hybridized carbons (Fsp3) is 0.182. The van der Waals surface area contributed by atoms with E-state index < -0.39 is 0 Å². The molecule has 68 valence electrons. The number of allylic oxidation sites excluding steroid dienone is 2. The maximum absolute atomic E-state index is 10.6. The second-order valence-corrected chi connectivity index (χ2v) is 2.91. The Kier molecular flexibility index (Phi) is 3.26. The highest BCUT2D eigenvalue weighted by atomic mass is 16.3. The number of hydrogen-bond donors (Lipinski definition) is 1. The predicted molar refractivity (Wildman–Crippen MR) is 51.5 cm³/mol. The van der Waals surface area contributed by atoms with Gasteiger partial charge in [-0.25, -0.2) is 0 Å². The maximum atomic E-state index is 10.6. The summed E-state index contributed by atoms with van der Waals surface area (Å²) in [6, 6.07) is 9.52. The van der Waals surface area contributed by atoms with E-state index in [4.69, 9.17) is 0 Å². The molecule has 0 bridgehead atoms. The van der Waals surface area contributed by atoms with Crippen molar-refractivity contribution in [2.24, 2.45) is 0 Å². The van der Waals surface area contributed by atoms with Gasteiger partial charge in [0, 0.05) is 12.5 Å². The second-order valence-electron chi connectivity index (χ2n) is 2.91. The van der Waals surface area contributed by atoms with Gasteiger partial charge >= 0.3 is 0 Å². The van der Waals surface area contributed by atoms with E-state index in [0.717, 1.165) is 5.56 Å². The molecule has 0 aliphatic rings. The Bertz CT molecular complexity index is 312. The maximum Gasteiger partial charge on any atom is 0.155 e. The zero-order valence-corrected chi connectivity index (χ0v) is 7.53. The third kappa shape index (κ3) is 3.56. The van der Waals surface area contributed by atoms with E-state index >= 15 is 0 Å². The summed E-state index contributed by atoms with van der Waals surface area (Å²) in [7, 11) is 0. The first kappa shape index (κ1) is 9.52. The van der Waals surface area contributed by atoms with Crippen LogP contribution in [0.2, 0.25) is 0 Å². The van der Waals surface area contributed by atoms with E-state index in [1.54, 1.807) is 0 Å². The van der Waals surface area contributed by atoms with E-state index in [0.29, 0.717) is 6.42 Å². The lowest BCUT2D eigenvalue weighted by Gasteiger charge is -1.98. The molecule has 0 aliphatic heterocycles. The van der Waals surface area contributed by atoms with E-state index in [1.807, 2.05) is 30.3 Å². The number of carbonyl (C=O) groups is 1. The van der Waals surface area contributed by atoms with Crippen LogP contribution in [0.3, 0.4) is 0 Å². The molecule has 2 heteroatoms. The van der Waals surface area contributed by atoms with Crippen molar-refractivity contribution in [2.75, 3.05) is 0 Å². The van der Waals surface area contributed by atoms with Crippen LogP contribution in [0.15, 0.2) is 42.2 Å². The first-order valence-electron chi connectivity index (χ1n) is 4.12. The Balaban J connectivity index is 2.65. The molecule has 0 radical (unpaired) electrons. The van der Waals surface area contributed by atoms with Crippen molar-refractivity contribution in [1.82, 2.24) is 0 Å². The Hall–Kier alpha value is -1.57. The van der Waals surface area contributed by atoms with Crippen LogP contribution in [0, 0.1) is 0 Å². The summed E-state index contributed by atoms with van der Waals surface area (Å²) < 4.78 is 0. The molecule has 0 aromatic heterocycles. The topological polar surface area (TPSA) is 37.3 Å². The van der Waals surface area contributed by atoms with Gasteiger partial charge in [-0.2, -0.15) is 0 Å². The molecule has 1 N–H and O–H groups in total. The lowest BCUT2D eigenvalue weighted by atomic mass is 10.1. The van der Waals surface area contributed by atoms with Crippen molar-refractivity contribution < 1.29 is 9.90 Å². The van der Waals surface area contributed by atoms with E-state index in [-0.39, 0.29) is 11.5 Å². The van der Waals surface area contributed by atoms with E-state index in [9.17, 15) is 9.90 Å². The van der Waals surface area contributed by atoms with Crippen molar-refractivity contribution in [2.45, 2.75) is 13.3 Å². The summed E-state index contributed by atoms with van der Waals surface area (Å²) in [5.74, 6) is -0.0212. The zero-order chi connectivity index (χ0) is 9.68. The molecule has 0 aliphatic carbocycles. The average molecular weight is 176 g/mol. The number of ketones is 1. The van der Waals surface area contributed by atoms with E-state index in [2.05, 4.69) is 0 Å². The van der Waals surface area contributed by atoms with Gasteiger partial charge in [-0.1, -0.05) is 30.3 Å². The van der Waals surface area contributed by atoms with Crippen LogP contribution in [-0.4, -0.2) is 10.9 Å². The molecule has 1 aromatic rings. The number of aliphatic hydroxyl groups is 1. The zero-order valence-electron chi connectivity index (χ0n) is 7.53. The van der Waals surface area contributed by atoms with E-state index in [1.165, 1.54) is 13.0 Å². The van der Waals surface area contributed by atoms with Crippen LogP contribution in [0.25, 0.3) is 0 Å². The Labute approximate surface area is 77.5 Å². The molecule has 0 heterocycles. The first-order valence-corrected chi connectivity index (χ1v) is 4.12. The van der Waals surface area contributed by atoms with Crippen LogP contribution in [0.5, 0.6) is 0 Å².